The molecule has 1 aliphatic heterocycles. The summed E-state index contributed by atoms with van der Waals surface area (Å²) < 4.78 is 4.92. The fourth-order valence-corrected chi connectivity index (χ4v) is 24.0. The molecule has 13 rings (SSSR count). The lowest BCUT2D eigenvalue weighted by atomic mass is 10.1. The molecule has 0 unspecified atom stereocenters. The minimum absolute atomic E-state index is 1.16. The van der Waals surface area contributed by atoms with Gasteiger partial charge in [-0.2, -0.15) is 0 Å². The summed E-state index contributed by atoms with van der Waals surface area (Å²) >= 11 is 0. The highest BCUT2D eigenvalue weighted by atomic mass is 28.3. The molecule has 312 valence electrons. The molecule has 0 fully saturated rings. The van der Waals surface area contributed by atoms with Crippen LogP contribution in [-0.2, 0) is 0 Å². The van der Waals surface area contributed by atoms with Gasteiger partial charge in [-0.15, -0.1) is 0 Å². The van der Waals surface area contributed by atoms with Crippen LogP contribution in [0, 0.1) is 13.8 Å². The van der Waals surface area contributed by atoms with E-state index in [4.69, 9.17) is 0 Å². The van der Waals surface area contributed by atoms with Crippen LogP contribution in [0.15, 0.2) is 243 Å². The van der Waals surface area contributed by atoms with Gasteiger partial charge in [0.25, 0.3) is 0 Å². The molecule has 2 aromatic heterocycles. The third-order valence-electron chi connectivity index (χ3n) is 14.6. The van der Waals surface area contributed by atoms with Gasteiger partial charge in [-0.1, -0.05) is 193 Å². The zero-order valence-corrected chi connectivity index (χ0v) is 39.0. The molecule has 0 saturated carbocycles. The number of hydrogen-bond donors (Lipinski definition) is 0. The molecular formula is C62H46N2Si2. The van der Waals surface area contributed by atoms with Gasteiger partial charge >= 0.3 is 0 Å². The monoisotopic (exact) mass is 874 g/mol. The smallest absolute Gasteiger partial charge is 0.179 e. The first-order chi connectivity index (χ1) is 32.6. The van der Waals surface area contributed by atoms with Gasteiger partial charge in [-0.3, -0.25) is 0 Å². The lowest BCUT2D eigenvalue weighted by Gasteiger charge is -2.48. The van der Waals surface area contributed by atoms with Gasteiger partial charge < -0.3 is 9.13 Å². The van der Waals surface area contributed by atoms with Crippen LogP contribution in [0.4, 0.5) is 0 Å². The van der Waals surface area contributed by atoms with Crippen LogP contribution in [0.25, 0.3) is 55.0 Å². The minimum Gasteiger partial charge on any atom is -0.309 e. The van der Waals surface area contributed by atoms with Gasteiger partial charge in [-0.25, -0.2) is 0 Å². The quantitative estimate of drug-likeness (QED) is 0.148. The van der Waals surface area contributed by atoms with E-state index in [0.29, 0.717) is 0 Å². The molecule has 0 aliphatic carbocycles. The molecule has 0 spiro atoms. The van der Waals surface area contributed by atoms with Crippen molar-refractivity contribution in [3.8, 4) is 11.4 Å². The van der Waals surface area contributed by atoms with Crippen molar-refractivity contribution in [2.75, 3.05) is 0 Å². The van der Waals surface area contributed by atoms with E-state index in [-0.39, 0.29) is 0 Å². The van der Waals surface area contributed by atoms with E-state index >= 15 is 0 Å². The van der Waals surface area contributed by atoms with E-state index < -0.39 is 16.1 Å². The third-order valence-corrected chi connectivity index (χ3v) is 24.9. The fourth-order valence-electron chi connectivity index (χ4n) is 12.0. The first kappa shape index (κ1) is 38.7. The number of hydrogen-bond acceptors (Lipinski definition) is 0. The maximum absolute atomic E-state index is 2.91. The summed E-state index contributed by atoms with van der Waals surface area (Å²) in [5.74, 6) is 0. The number of fused-ring (bicyclic) bond motifs is 8. The largest absolute Gasteiger partial charge is 0.309 e. The molecule has 0 saturated heterocycles. The summed E-state index contributed by atoms with van der Waals surface area (Å²) in [6.45, 7) is 4.37. The zero-order valence-electron chi connectivity index (χ0n) is 37.0. The highest BCUT2D eigenvalue weighted by molar-refractivity contribution is 7.32. The Labute approximate surface area is 387 Å². The Bertz CT molecular complexity index is 3680. The second kappa shape index (κ2) is 14.9. The van der Waals surface area contributed by atoms with Crippen molar-refractivity contribution in [1.82, 2.24) is 9.13 Å². The van der Waals surface area contributed by atoms with E-state index in [1.54, 1.807) is 0 Å². The summed E-state index contributed by atoms with van der Waals surface area (Å²) in [6, 6.07) is 92.7. The van der Waals surface area contributed by atoms with Gasteiger partial charge in [0.15, 0.2) is 16.1 Å². The minimum atomic E-state index is -2.91. The average Bonchev–Trinajstić information content (AvgIpc) is 3.88. The van der Waals surface area contributed by atoms with Crippen LogP contribution in [0.2, 0.25) is 0 Å². The Morgan fingerprint density at radius 1 is 0.258 bits per heavy atom. The fraction of sp³-hybridized carbons (Fsp3) is 0.0323. The number of nitrogens with zero attached hydrogens (tertiary/aromatic N) is 2. The second-order valence-corrected chi connectivity index (χ2v) is 25.6. The molecule has 3 heterocycles. The van der Waals surface area contributed by atoms with Crippen LogP contribution in [0.3, 0.4) is 0 Å². The standard InChI is InChI=1S/C62H46N2Si2/c1-43-30-37-56-52(40-43)53-41-44(2)31-38-57(53)64(56)46-34-39-58-54(42-46)51-24-12-13-25-55(51)63(58)45-32-35-50(36-33-45)66(49-22-10-5-11-23-49)61-28-16-14-26-59(61)65(47-18-6-3-7-19-47,48-20-8-4-9-21-48)60-27-15-17-29-62(60)66/h3-42H,1-2H3. The van der Waals surface area contributed by atoms with Gasteiger partial charge in [0.2, 0.25) is 0 Å². The molecule has 0 radical (unpaired) electrons. The topological polar surface area (TPSA) is 9.86 Å². The predicted octanol–water partition coefficient (Wildman–Crippen LogP) is 9.57. The Hall–Kier alpha value is -7.77. The number of rotatable bonds is 6. The Balaban J connectivity index is 1.03. The van der Waals surface area contributed by atoms with Crippen LogP contribution >= 0.6 is 0 Å². The summed E-state index contributed by atoms with van der Waals surface area (Å²) in [5, 5.41) is 16.7. The molecule has 4 heteroatoms. The summed E-state index contributed by atoms with van der Waals surface area (Å²) in [5.41, 5.74) is 9.74. The van der Waals surface area contributed by atoms with Crippen molar-refractivity contribution >= 4 is 101 Å². The van der Waals surface area contributed by atoms with E-state index in [9.17, 15) is 0 Å². The van der Waals surface area contributed by atoms with Crippen molar-refractivity contribution in [3.05, 3.63) is 254 Å². The van der Waals surface area contributed by atoms with Crippen LogP contribution in [0.5, 0.6) is 0 Å². The molecular weight excluding hydrogens is 829 g/mol. The lowest BCUT2D eigenvalue weighted by Crippen LogP contribution is -2.93. The van der Waals surface area contributed by atoms with Crippen molar-refractivity contribution in [1.29, 1.82) is 0 Å². The van der Waals surface area contributed by atoms with Crippen molar-refractivity contribution in [2.45, 2.75) is 13.8 Å². The summed E-state index contributed by atoms with van der Waals surface area (Å²) in [4.78, 5) is 0. The Morgan fingerprint density at radius 2 is 0.591 bits per heavy atom. The number of para-hydroxylation sites is 1. The van der Waals surface area contributed by atoms with Crippen molar-refractivity contribution < 1.29 is 0 Å². The molecule has 0 bridgehead atoms. The first-order valence-electron chi connectivity index (χ1n) is 23.1. The van der Waals surface area contributed by atoms with Crippen molar-refractivity contribution in [2.24, 2.45) is 0 Å². The van der Waals surface area contributed by atoms with Crippen LogP contribution < -0.4 is 41.5 Å². The maximum atomic E-state index is 2.48. The van der Waals surface area contributed by atoms with Gasteiger partial charge in [-0.05, 0) is 116 Å². The molecule has 10 aromatic carbocycles. The van der Waals surface area contributed by atoms with E-state index in [2.05, 4.69) is 266 Å². The average molecular weight is 875 g/mol. The van der Waals surface area contributed by atoms with E-state index in [1.807, 2.05) is 0 Å². The Kier molecular flexibility index (Phi) is 8.73. The van der Waals surface area contributed by atoms with Crippen molar-refractivity contribution in [3.63, 3.8) is 0 Å². The molecule has 66 heavy (non-hydrogen) atoms. The number of aryl methyl sites for hydroxylation is 2. The van der Waals surface area contributed by atoms with Crippen LogP contribution in [0.1, 0.15) is 11.1 Å². The Morgan fingerprint density at radius 3 is 1.06 bits per heavy atom. The first-order valence-corrected chi connectivity index (χ1v) is 27.1. The molecule has 1 aliphatic rings. The van der Waals surface area contributed by atoms with Gasteiger partial charge in [0, 0.05) is 32.9 Å². The molecule has 0 amide bonds. The number of benzene rings is 10. The summed E-state index contributed by atoms with van der Waals surface area (Å²) in [6.07, 6.45) is 0. The highest BCUT2D eigenvalue weighted by Crippen LogP contribution is 2.37. The number of aromatic nitrogens is 2. The van der Waals surface area contributed by atoms with E-state index in [0.717, 1.165) is 5.69 Å². The molecule has 2 nitrogen and oxygen atoms in total. The zero-order chi connectivity index (χ0) is 44.0. The highest BCUT2D eigenvalue weighted by Gasteiger charge is 2.56. The molecule has 0 atom stereocenters. The third kappa shape index (κ3) is 5.40. The summed E-state index contributed by atoms with van der Waals surface area (Å²) in [7, 11) is -5.69. The predicted molar refractivity (Wildman–Crippen MR) is 285 cm³/mol. The van der Waals surface area contributed by atoms with E-state index in [1.165, 1.54) is 102 Å². The SMILES string of the molecule is Cc1ccc2c(c1)c1cc(C)ccc1n2-c1ccc2c(c1)c1ccccc1n2-c1ccc([Si]2(c3ccccc3)c3ccccc3[Si](c3ccccc3)(c3ccccc3)c3ccccc32)cc1. The molecule has 12 aromatic rings. The lowest BCUT2D eigenvalue weighted by molar-refractivity contribution is 1.16. The molecule has 0 N–H and O–H groups in total. The second-order valence-electron chi connectivity index (χ2n) is 18.2. The van der Waals surface area contributed by atoms with Gasteiger partial charge in [0.05, 0.1) is 22.1 Å². The van der Waals surface area contributed by atoms with Gasteiger partial charge in [0.1, 0.15) is 0 Å². The van der Waals surface area contributed by atoms with Crippen LogP contribution in [-0.4, -0.2) is 25.3 Å². The normalized spacial score (nSPS) is 13.8. The maximum Gasteiger partial charge on any atom is 0.179 e.